The number of pyridine rings is 1. The Hall–Kier alpha value is -1.28. The first-order chi connectivity index (χ1) is 10.3. The van der Waals surface area contributed by atoms with Crippen LogP contribution in [0.1, 0.15) is 37.7 Å². The summed E-state index contributed by atoms with van der Waals surface area (Å²) in [5.41, 5.74) is -0.00360. The van der Waals surface area contributed by atoms with E-state index in [1.165, 1.54) is 6.20 Å². The van der Waals surface area contributed by atoms with Crippen LogP contribution in [0.3, 0.4) is 0 Å². The lowest BCUT2D eigenvalue weighted by molar-refractivity contribution is -0.153. The molecule has 2 fully saturated rings. The summed E-state index contributed by atoms with van der Waals surface area (Å²) in [6.45, 7) is 0. The van der Waals surface area contributed by atoms with Crippen molar-refractivity contribution in [2.24, 2.45) is 17.8 Å². The number of alkyl halides is 3. The third-order valence-electron chi connectivity index (χ3n) is 5.28. The Bertz CT molecular complexity index is 594. The molecule has 6 heteroatoms. The Morgan fingerprint density at radius 2 is 1.91 bits per heavy atom. The minimum absolute atomic E-state index is 0.0426. The molecule has 0 radical (unpaired) electrons. The molecule has 2 bridgehead atoms. The Labute approximate surface area is 132 Å². The van der Waals surface area contributed by atoms with Gasteiger partial charge in [-0.15, -0.1) is 0 Å². The molecule has 1 heterocycles. The Morgan fingerprint density at radius 1 is 1.27 bits per heavy atom. The van der Waals surface area contributed by atoms with Gasteiger partial charge in [0, 0.05) is 18.8 Å². The number of nitrogens with zero attached hydrogens (tertiary/aromatic N) is 2. The maximum Gasteiger partial charge on any atom is 0.389 e. The maximum absolute atomic E-state index is 12.8. The molecule has 2 saturated carbocycles. The van der Waals surface area contributed by atoms with E-state index in [0.717, 1.165) is 18.4 Å². The van der Waals surface area contributed by atoms with Crippen LogP contribution >= 0.6 is 11.6 Å². The fourth-order valence-electron chi connectivity index (χ4n) is 4.39. The van der Waals surface area contributed by atoms with Gasteiger partial charge in [0.25, 0.3) is 0 Å². The highest BCUT2D eigenvalue weighted by molar-refractivity contribution is 6.30. The fraction of sp³-hybridized carbons (Fsp3) is 0.625. The zero-order valence-electron chi connectivity index (χ0n) is 11.9. The van der Waals surface area contributed by atoms with E-state index in [1.54, 1.807) is 12.3 Å². The van der Waals surface area contributed by atoms with Crippen LogP contribution in [0.25, 0.3) is 0 Å². The Balaban J connectivity index is 1.88. The molecule has 0 amide bonds. The SMILES string of the molecule is N#CC1(c2cncc(Cl)c2)CC2CCC(C1)C2CC(F)(F)F. The highest BCUT2D eigenvalue weighted by Gasteiger charge is 2.53. The summed E-state index contributed by atoms with van der Waals surface area (Å²) in [6, 6.07) is 4.09. The molecule has 0 N–H and O–H groups in total. The van der Waals surface area contributed by atoms with E-state index in [0.29, 0.717) is 17.9 Å². The van der Waals surface area contributed by atoms with Gasteiger partial charge in [-0.05, 0) is 55.1 Å². The molecule has 2 unspecified atom stereocenters. The lowest BCUT2D eigenvalue weighted by Gasteiger charge is -2.41. The highest BCUT2D eigenvalue weighted by atomic mass is 35.5. The first kappa shape index (κ1) is 15.6. The molecule has 22 heavy (non-hydrogen) atoms. The van der Waals surface area contributed by atoms with E-state index < -0.39 is 18.0 Å². The number of fused-ring (bicyclic) bond motifs is 2. The van der Waals surface area contributed by atoms with Crippen LogP contribution in [-0.2, 0) is 5.41 Å². The number of halogens is 4. The lowest BCUT2D eigenvalue weighted by Crippen LogP contribution is -2.39. The van der Waals surface area contributed by atoms with Crippen LogP contribution < -0.4 is 0 Å². The molecule has 118 valence electrons. The number of rotatable bonds is 2. The average molecular weight is 329 g/mol. The molecule has 0 spiro atoms. The van der Waals surface area contributed by atoms with Crippen molar-refractivity contribution in [1.29, 1.82) is 5.26 Å². The minimum atomic E-state index is -4.13. The molecular weight excluding hydrogens is 313 g/mol. The second-order valence-electron chi connectivity index (χ2n) is 6.57. The molecule has 0 aliphatic heterocycles. The molecular formula is C16H16ClF3N2. The summed E-state index contributed by atoms with van der Waals surface area (Å²) in [5.74, 6) is -0.424. The van der Waals surface area contributed by atoms with Crippen molar-refractivity contribution in [2.75, 3.05) is 0 Å². The average Bonchev–Trinajstić information content (AvgIpc) is 2.69. The van der Waals surface area contributed by atoms with Gasteiger partial charge in [0.1, 0.15) is 0 Å². The zero-order chi connectivity index (χ0) is 16.0. The second-order valence-corrected chi connectivity index (χ2v) is 7.01. The van der Waals surface area contributed by atoms with Crippen molar-refractivity contribution in [3.8, 4) is 6.07 Å². The van der Waals surface area contributed by atoms with Crippen molar-refractivity contribution >= 4 is 11.6 Å². The molecule has 1 aromatic heterocycles. The van der Waals surface area contributed by atoms with Gasteiger partial charge in [0.15, 0.2) is 0 Å². The van der Waals surface area contributed by atoms with Crippen molar-refractivity contribution < 1.29 is 13.2 Å². The first-order valence-corrected chi connectivity index (χ1v) is 7.80. The van der Waals surface area contributed by atoms with Gasteiger partial charge in [-0.3, -0.25) is 4.98 Å². The quantitative estimate of drug-likeness (QED) is 0.775. The lowest BCUT2D eigenvalue weighted by atomic mass is 9.62. The molecule has 2 aliphatic carbocycles. The molecule has 0 aromatic carbocycles. The normalized spacial score (nSPS) is 34.4. The Morgan fingerprint density at radius 3 is 2.41 bits per heavy atom. The first-order valence-electron chi connectivity index (χ1n) is 7.42. The number of hydrogen-bond acceptors (Lipinski definition) is 2. The van der Waals surface area contributed by atoms with Crippen LogP contribution in [-0.4, -0.2) is 11.2 Å². The van der Waals surface area contributed by atoms with Gasteiger partial charge >= 0.3 is 6.18 Å². The van der Waals surface area contributed by atoms with Crippen LogP contribution in [0.2, 0.25) is 5.02 Å². The zero-order valence-corrected chi connectivity index (χ0v) is 12.7. The molecule has 2 nitrogen and oxygen atoms in total. The molecule has 0 saturated heterocycles. The fourth-order valence-corrected chi connectivity index (χ4v) is 4.57. The van der Waals surface area contributed by atoms with E-state index >= 15 is 0 Å². The van der Waals surface area contributed by atoms with Crippen molar-refractivity contribution in [1.82, 2.24) is 4.98 Å². The standard InChI is InChI=1S/C16H16ClF3N2/c17-13-3-12(7-22-8-13)15(9-21)4-10-1-2-11(5-15)14(10)6-16(18,19)20/h3,7-8,10-11,14H,1-2,4-6H2. The number of nitriles is 1. The largest absolute Gasteiger partial charge is 0.389 e. The van der Waals surface area contributed by atoms with Gasteiger partial charge in [0.05, 0.1) is 16.5 Å². The van der Waals surface area contributed by atoms with Gasteiger partial charge in [-0.25, -0.2) is 0 Å². The smallest absolute Gasteiger partial charge is 0.263 e. The van der Waals surface area contributed by atoms with Gasteiger partial charge in [0.2, 0.25) is 0 Å². The highest BCUT2D eigenvalue weighted by Crippen LogP contribution is 2.57. The summed E-state index contributed by atoms with van der Waals surface area (Å²) in [5, 5.41) is 10.2. The van der Waals surface area contributed by atoms with Crippen molar-refractivity contribution in [3.63, 3.8) is 0 Å². The Kier molecular flexibility index (Phi) is 3.84. The van der Waals surface area contributed by atoms with Crippen LogP contribution in [0.15, 0.2) is 18.5 Å². The van der Waals surface area contributed by atoms with Crippen LogP contribution in [0.5, 0.6) is 0 Å². The summed E-state index contributed by atoms with van der Waals surface area (Å²) in [6.07, 6.45) is 0.781. The van der Waals surface area contributed by atoms with Gasteiger partial charge < -0.3 is 0 Å². The van der Waals surface area contributed by atoms with Crippen LogP contribution in [0, 0.1) is 29.1 Å². The number of hydrogen-bond donors (Lipinski definition) is 0. The third kappa shape index (κ3) is 2.81. The predicted molar refractivity (Wildman–Crippen MR) is 76.1 cm³/mol. The topological polar surface area (TPSA) is 36.7 Å². The second kappa shape index (κ2) is 5.42. The van der Waals surface area contributed by atoms with Crippen molar-refractivity contribution in [3.05, 3.63) is 29.0 Å². The molecule has 2 aliphatic rings. The van der Waals surface area contributed by atoms with Crippen LogP contribution in [0.4, 0.5) is 13.2 Å². The van der Waals surface area contributed by atoms with Gasteiger partial charge in [-0.2, -0.15) is 18.4 Å². The molecule has 1 aromatic rings. The molecule has 3 rings (SSSR count). The van der Waals surface area contributed by atoms with E-state index in [9.17, 15) is 18.4 Å². The monoisotopic (exact) mass is 328 g/mol. The summed E-state index contributed by atoms with van der Waals surface area (Å²) in [4.78, 5) is 4.04. The molecule has 2 atom stereocenters. The summed E-state index contributed by atoms with van der Waals surface area (Å²) in [7, 11) is 0. The summed E-state index contributed by atoms with van der Waals surface area (Å²) < 4.78 is 38.3. The van der Waals surface area contributed by atoms with Crippen molar-refractivity contribution in [2.45, 2.75) is 43.7 Å². The van der Waals surface area contributed by atoms with E-state index in [1.807, 2.05) is 0 Å². The summed E-state index contributed by atoms with van der Waals surface area (Å²) >= 11 is 5.97. The van der Waals surface area contributed by atoms with Gasteiger partial charge in [-0.1, -0.05) is 11.6 Å². The maximum atomic E-state index is 12.8. The predicted octanol–water partition coefficient (Wildman–Crippen LogP) is 4.88. The third-order valence-corrected chi connectivity index (χ3v) is 5.49. The minimum Gasteiger partial charge on any atom is -0.263 e. The van der Waals surface area contributed by atoms with E-state index in [4.69, 9.17) is 11.6 Å². The van der Waals surface area contributed by atoms with E-state index in [-0.39, 0.29) is 17.8 Å². The number of aromatic nitrogens is 1. The van der Waals surface area contributed by atoms with E-state index in [2.05, 4.69) is 11.1 Å².